The van der Waals surface area contributed by atoms with Crippen LogP contribution >= 0.6 is 0 Å². The average Bonchev–Trinajstić information content (AvgIpc) is 2.83. The summed E-state index contributed by atoms with van der Waals surface area (Å²) in [5.41, 5.74) is 1.97. The molecule has 0 unspecified atom stereocenters. The molecular formula is C13H18N4O2. The minimum atomic E-state index is 0.615. The summed E-state index contributed by atoms with van der Waals surface area (Å²) in [5.74, 6) is 1.47. The summed E-state index contributed by atoms with van der Waals surface area (Å²) in [4.78, 5) is 0. The second kappa shape index (κ2) is 6.08. The Bertz CT molecular complexity index is 539. The molecule has 0 radical (unpaired) electrons. The molecule has 0 atom stereocenters. The van der Waals surface area contributed by atoms with Crippen LogP contribution in [0.2, 0.25) is 0 Å². The zero-order valence-electron chi connectivity index (χ0n) is 11.4. The summed E-state index contributed by atoms with van der Waals surface area (Å²) in [6.07, 6.45) is 1.73. The van der Waals surface area contributed by atoms with Gasteiger partial charge in [0.25, 0.3) is 0 Å². The van der Waals surface area contributed by atoms with Gasteiger partial charge in [-0.15, -0.1) is 5.10 Å². The predicted octanol–water partition coefficient (Wildman–Crippen LogP) is 1.83. The van der Waals surface area contributed by atoms with Gasteiger partial charge < -0.3 is 14.8 Å². The lowest BCUT2D eigenvalue weighted by Crippen LogP contribution is -2.05. The maximum absolute atomic E-state index is 5.48. The summed E-state index contributed by atoms with van der Waals surface area (Å²) in [6, 6.07) is 5.76. The highest BCUT2D eigenvalue weighted by Gasteiger charge is 2.06. The molecule has 1 heterocycles. The number of benzene rings is 1. The van der Waals surface area contributed by atoms with Crippen LogP contribution in [0.5, 0.6) is 11.5 Å². The van der Waals surface area contributed by atoms with E-state index in [0.29, 0.717) is 13.2 Å². The molecule has 0 aliphatic rings. The fraction of sp³-hybridized carbons (Fsp3) is 0.385. The number of rotatable bonds is 6. The van der Waals surface area contributed by atoms with Gasteiger partial charge in [0.1, 0.15) is 0 Å². The first-order valence-corrected chi connectivity index (χ1v) is 6.13. The lowest BCUT2D eigenvalue weighted by molar-refractivity contribution is 0.311. The highest BCUT2D eigenvalue weighted by Crippen LogP contribution is 2.30. The van der Waals surface area contributed by atoms with Crippen molar-refractivity contribution in [3.63, 3.8) is 0 Å². The van der Waals surface area contributed by atoms with E-state index in [0.717, 1.165) is 22.9 Å². The number of methoxy groups -OCH3 is 1. The fourth-order valence-electron chi connectivity index (χ4n) is 1.72. The zero-order valence-corrected chi connectivity index (χ0v) is 11.4. The summed E-state index contributed by atoms with van der Waals surface area (Å²) >= 11 is 0. The maximum Gasteiger partial charge on any atom is 0.162 e. The molecule has 0 aliphatic carbocycles. The number of aryl methyl sites for hydroxylation is 1. The SMILES string of the molecule is CCOc1ccc(NCc2cnnn2C)cc1OC. The molecule has 102 valence electrons. The van der Waals surface area contributed by atoms with Crippen LogP contribution in [0.1, 0.15) is 12.6 Å². The molecule has 0 fully saturated rings. The minimum Gasteiger partial charge on any atom is -0.493 e. The monoisotopic (exact) mass is 262 g/mol. The van der Waals surface area contributed by atoms with Gasteiger partial charge in [-0.2, -0.15) is 0 Å². The van der Waals surface area contributed by atoms with Crippen molar-refractivity contribution in [2.45, 2.75) is 13.5 Å². The van der Waals surface area contributed by atoms with E-state index < -0.39 is 0 Å². The predicted molar refractivity (Wildman–Crippen MR) is 72.5 cm³/mol. The van der Waals surface area contributed by atoms with Crippen molar-refractivity contribution in [2.75, 3.05) is 19.0 Å². The van der Waals surface area contributed by atoms with E-state index in [1.165, 1.54) is 0 Å². The van der Waals surface area contributed by atoms with Crippen LogP contribution in [-0.2, 0) is 13.6 Å². The second-order valence-corrected chi connectivity index (χ2v) is 4.00. The van der Waals surface area contributed by atoms with Crippen LogP contribution in [0.4, 0.5) is 5.69 Å². The van der Waals surface area contributed by atoms with Crippen LogP contribution in [0.25, 0.3) is 0 Å². The number of aromatic nitrogens is 3. The Morgan fingerprint density at radius 1 is 1.32 bits per heavy atom. The van der Waals surface area contributed by atoms with Gasteiger partial charge in [-0.25, -0.2) is 0 Å². The molecule has 2 aromatic rings. The molecule has 1 aromatic carbocycles. The van der Waals surface area contributed by atoms with Crippen LogP contribution in [0.3, 0.4) is 0 Å². The van der Waals surface area contributed by atoms with Crippen molar-refractivity contribution >= 4 is 5.69 Å². The van der Waals surface area contributed by atoms with Crippen molar-refractivity contribution in [2.24, 2.45) is 7.05 Å². The number of nitrogens with one attached hydrogen (secondary N) is 1. The third kappa shape index (κ3) is 3.15. The van der Waals surface area contributed by atoms with Gasteiger partial charge in [0, 0.05) is 18.8 Å². The van der Waals surface area contributed by atoms with Crippen LogP contribution in [-0.4, -0.2) is 28.7 Å². The Hall–Kier alpha value is -2.24. The van der Waals surface area contributed by atoms with Gasteiger partial charge in [-0.3, -0.25) is 4.68 Å². The van der Waals surface area contributed by atoms with Gasteiger partial charge in [-0.1, -0.05) is 5.21 Å². The minimum absolute atomic E-state index is 0.615. The standard InChI is InChI=1S/C13H18N4O2/c1-4-19-12-6-5-10(7-13(12)18-3)14-8-11-9-15-16-17(11)2/h5-7,9,14H,4,8H2,1-3H3. The molecule has 0 aliphatic heterocycles. The lowest BCUT2D eigenvalue weighted by atomic mass is 10.2. The van der Waals surface area contributed by atoms with E-state index in [1.807, 2.05) is 32.2 Å². The highest BCUT2D eigenvalue weighted by molar-refractivity contribution is 5.54. The zero-order chi connectivity index (χ0) is 13.7. The van der Waals surface area contributed by atoms with E-state index in [1.54, 1.807) is 18.0 Å². The van der Waals surface area contributed by atoms with Crippen LogP contribution in [0, 0.1) is 0 Å². The van der Waals surface area contributed by atoms with Gasteiger partial charge in [-0.05, 0) is 19.1 Å². The molecular weight excluding hydrogens is 244 g/mol. The topological polar surface area (TPSA) is 61.2 Å². The largest absolute Gasteiger partial charge is 0.493 e. The van der Waals surface area contributed by atoms with Gasteiger partial charge in [0.05, 0.1) is 32.2 Å². The first-order chi connectivity index (χ1) is 9.24. The number of hydrogen-bond donors (Lipinski definition) is 1. The number of nitrogens with zero attached hydrogens (tertiary/aromatic N) is 3. The molecule has 0 bridgehead atoms. The second-order valence-electron chi connectivity index (χ2n) is 4.00. The Morgan fingerprint density at radius 3 is 2.79 bits per heavy atom. The number of ether oxygens (including phenoxy) is 2. The number of anilines is 1. The van der Waals surface area contributed by atoms with E-state index in [9.17, 15) is 0 Å². The Balaban J connectivity index is 2.07. The first-order valence-electron chi connectivity index (χ1n) is 6.13. The van der Waals surface area contributed by atoms with Crippen molar-refractivity contribution in [3.8, 4) is 11.5 Å². The first kappa shape index (κ1) is 13.2. The van der Waals surface area contributed by atoms with E-state index >= 15 is 0 Å². The highest BCUT2D eigenvalue weighted by atomic mass is 16.5. The number of hydrogen-bond acceptors (Lipinski definition) is 5. The Labute approximate surface area is 112 Å². The van der Waals surface area contributed by atoms with Gasteiger partial charge in [0.2, 0.25) is 0 Å². The Kier molecular flexibility index (Phi) is 4.22. The molecule has 6 heteroatoms. The lowest BCUT2D eigenvalue weighted by Gasteiger charge is -2.12. The van der Waals surface area contributed by atoms with Crippen molar-refractivity contribution in [3.05, 3.63) is 30.1 Å². The molecule has 1 aromatic heterocycles. The summed E-state index contributed by atoms with van der Waals surface area (Å²) in [5, 5.41) is 11.0. The smallest absolute Gasteiger partial charge is 0.162 e. The molecule has 0 saturated heterocycles. The molecule has 6 nitrogen and oxygen atoms in total. The summed E-state index contributed by atoms with van der Waals surface area (Å²) < 4.78 is 12.5. The molecule has 2 rings (SSSR count). The van der Waals surface area contributed by atoms with Crippen molar-refractivity contribution < 1.29 is 9.47 Å². The summed E-state index contributed by atoms with van der Waals surface area (Å²) in [6.45, 7) is 3.21. The molecule has 19 heavy (non-hydrogen) atoms. The third-order valence-corrected chi connectivity index (χ3v) is 2.75. The quantitative estimate of drug-likeness (QED) is 0.860. The van der Waals surface area contributed by atoms with E-state index in [-0.39, 0.29) is 0 Å². The van der Waals surface area contributed by atoms with E-state index in [4.69, 9.17) is 9.47 Å². The third-order valence-electron chi connectivity index (χ3n) is 2.75. The van der Waals surface area contributed by atoms with Crippen molar-refractivity contribution in [1.29, 1.82) is 0 Å². The Morgan fingerprint density at radius 2 is 2.16 bits per heavy atom. The van der Waals surface area contributed by atoms with Crippen molar-refractivity contribution in [1.82, 2.24) is 15.0 Å². The average molecular weight is 262 g/mol. The fourth-order valence-corrected chi connectivity index (χ4v) is 1.72. The normalized spacial score (nSPS) is 10.3. The maximum atomic E-state index is 5.48. The van der Waals surface area contributed by atoms with E-state index in [2.05, 4.69) is 15.6 Å². The molecule has 1 N–H and O–H groups in total. The summed E-state index contributed by atoms with van der Waals surface area (Å²) in [7, 11) is 3.50. The van der Waals surface area contributed by atoms with Gasteiger partial charge in [0.15, 0.2) is 11.5 Å². The van der Waals surface area contributed by atoms with Crippen LogP contribution in [0.15, 0.2) is 24.4 Å². The molecule has 0 saturated carbocycles. The van der Waals surface area contributed by atoms with Crippen LogP contribution < -0.4 is 14.8 Å². The van der Waals surface area contributed by atoms with Gasteiger partial charge >= 0.3 is 0 Å². The molecule has 0 amide bonds. The molecule has 0 spiro atoms.